The largest absolute Gasteiger partial charge is 0.361 e. The zero-order chi connectivity index (χ0) is 14.3. The number of nitrogens with zero attached hydrogens (tertiary/aromatic N) is 2. The monoisotopic (exact) mass is 338 g/mol. The maximum absolute atomic E-state index is 14.2. The summed E-state index contributed by atoms with van der Waals surface area (Å²) in [4.78, 5) is 13.9. The molecule has 104 valence electrons. The van der Waals surface area contributed by atoms with Crippen LogP contribution in [0.5, 0.6) is 0 Å². The quantitative estimate of drug-likeness (QED) is 0.799. The molecule has 0 aliphatic carbocycles. The minimum Gasteiger partial charge on any atom is -0.361 e. The Morgan fingerprint density at radius 2 is 2.25 bits per heavy atom. The van der Waals surface area contributed by atoms with Gasteiger partial charge in [0.15, 0.2) is 5.69 Å². The van der Waals surface area contributed by atoms with Crippen LogP contribution in [0.2, 0.25) is 0 Å². The molecular formula is C14H12BrFN2O2. The Labute approximate surface area is 123 Å². The number of fused-ring (bicyclic) bond motifs is 1. The lowest BCUT2D eigenvalue weighted by Crippen LogP contribution is -2.36. The van der Waals surface area contributed by atoms with Gasteiger partial charge in [-0.1, -0.05) is 21.1 Å². The first-order valence-electron chi connectivity index (χ1n) is 6.29. The number of carbonyl (C=O) groups is 1. The van der Waals surface area contributed by atoms with E-state index in [1.807, 2.05) is 6.07 Å². The molecule has 0 atom stereocenters. The topological polar surface area (TPSA) is 46.3 Å². The van der Waals surface area contributed by atoms with Gasteiger partial charge in [0.1, 0.15) is 11.6 Å². The van der Waals surface area contributed by atoms with Crippen molar-refractivity contribution in [3.05, 3.63) is 45.5 Å². The van der Waals surface area contributed by atoms with Crippen molar-refractivity contribution in [3.8, 4) is 0 Å². The SMILES string of the molecule is Cc1cc(C(=O)N2CCCc3cc(Br)cc(F)c32)no1. The number of amides is 1. The lowest BCUT2D eigenvalue weighted by atomic mass is 10.0. The average Bonchev–Trinajstić information content (AvgIpc) is 2.83. The zero-order valence-electron chi connectivity index (χ0n) is 10.8. The smallest absolute Gasteiger partial charge is 0.280 e. The van der Waals surface area contributed by atoms with Crippen molar-refractivity contribution in [1.29, 1.82) is 0 Å². The van der Waals surface area contributed by atoms with Crippen molar-refractivity contribution < 1.29 is 13.7 Å². The molecule has 2 heterocycles. The van der Waals surface area contributed by atoms with Crippen LogP contribution in [0.25, 0.3) is 0 Å². The molecule has 0 spiro atoms. The summed E-state index contributed by atoms with van der Waals surface area (Å²) in [6.45, 7) is 2.20. The standard InChI is InChI=1S/C14H12BrFN2O2/c1-8-5-12(17-20-8)14(19)18-4-2-3-9-6-10(15)7-11(16)13(9)18/h5-7H,2-4H2,1H3. The maximum Gasteiger partial charge on any atom is 0.280 e. The fraction of sp³-hybridized carbons (Fsp3) is 0.286. The van der Waals surface area contributed by atoms with E-state index in [0.717, 1.165) is 18.4 Å². The number of benzene rings is 1. The van der Waals surface area contributed by atoms with Crippen LogP contribution in [0.4, 0.5) is 10.1 Å². The highest BCUT2D eigenvalue weighted by molar-refractivity contribution is 9.10. The van der Waals surface area contributed by atoms with Gasteiger partial charge in [-0.25, -0.2) is 4.39 Å². The van der Waals surface area contributed by atoms with Crippen LogP contribution in [-0.4, -0.2) is 17.6 Å². The Bertz CT molecular complexity index is 684. The van der Waals surface area contributed by atoms with Crippen molar-refractivity contribution in [2.45, 2.75) is 19.8 Å². The van der Waals surface area contributed by atoms with E-state index in [2.05, 4.69) is 21.1 Å². The second kappa shape index (κ2) is 5.01. The number of aryl methyl sites for hydroxylation is 2. The first-order chi connectivity index (χ1) is 9.56. The number of anilines is 1. The molecule has 1 aliphatic heterocycles. The van der Waals surface area contributed by atoms with Crippen LogP contribution < -0.4 is 4.90 Å². The van der Waals surface area contributed by atoms with Crippen molar-refractivity contribution in [2.75, 3.05) is 11.4 Å². The lowest BCUT2D eigenvalue weighted by molar-refractivity contribution is 0.0975. The predicted octanol–water partition coefficient (Wildman–Crippen LogP) is 3.48. The van der Waals surface area contributed by atoms with E-state index in [9.17, 15) is 9.18 Å². The van der Waals surface area contributed by atoms with Crippen LogP contribution in [0.1, 0.15) is 28.2 Å². The summed E-state index contributed by atoms with van der Waals surface area (Å²) in [5.41, 5.74) is 1.39. The number of hydrogen-bond donors (Lipinski definition) is 0. The van der Waals surface area contributed by atoms with Crippen LogP contribution >= 0.6 is 15.9 Å². The van der Waals surface area contributed by atoms with E-state index >= 15 is 0 Å². The third-order valence-corrected chi connectivity index (χ3v) is 3.75. The number of aromatic nitrogens is 1. The van der Waals surface area contributed by atoms with Crippen LogP contribution in [0.15, 0.2) is 27.2 Å². The lowest BCUT2D eigenvalue weighted by Gasteiger charge is -2.29. The molecule has 0 fully saturated rings. The Hall–Kier alpha value is -1.69. The fourth-order valence-corrected chi connectivity index (χ4v) is 2.94. The minimum atomic E-state index is -0.400. The first kappa shape index (κ1) is 13.3. The van der Waals surface area contributed by atoms with E-state index in [1.165, 1.54) is 11.0 Å². The number of carbonyl (C=O) groups excluding carboxylic acids is 1. The summed E-state index contributed by atoms with van der Waals surface area (Å²) in [6.07, 6.45) is 1.55. The summed E-state index contributed by atoms with van der Waals surface area (Å²) in [7, 11) is 0. The molecule has 1 aliphatic rings. The highest BCUT2D eigenvalue weighted by Crippen LogP contribution is 2.33. The molecule has 0 radical (unpaired) electrons. The van der Waals surface area contributed by atoms with Crippen LogP contribution in [0, 0.1) is 12.7 Å². The second-order valence-electron chi connectivity index (χ2n) is 4.78. The Morgan fingerprint density at radius 3 is 2.95 bits per heavy atom. The van der Waals surface area contributed by atoms with E-state index in [0.29, 0.717) is 22.5 Å². The molecule has 0 saturated carbocycles. The van der Waals surface area contributed by atoms with Crippen molar-refractivity contribution in [1.82, 2.24) is 5.16 Å². The van der Waals surface area contributed by atoms with Gasteiger partial charge in [-0.05, 0) is 37.5 Å². The zero-order valence-corrected chi connectivity index (χ0v) is 12.4. The third-order valence-electron chi connectivity index (χ3n) is 3.30. The third kappa shape index (κ3) is 2.24. The molecule has 0 N–H and O–H groups in total. The minimum absolute atomic E-state index is 0.206. The van der Waals surface area contributed by atoms with Gasteiger partial charge in [0.05, 0.1) is 5.69 Å². The Balaban J connectivity index is 2.04. The molecule has 1 aromatic carbocycles. The van der Waals surface area contributed by atoms with Crippen molar-refractivity contribution in [3.63, 3.8) is 0 Å². The van der Waals surface area contributed by atoms with Crippen LogP contribution in [0.3, 0.4) is 0 Å². The average molecular weight is 339 g/mol. The van der Waals surface area contributed by atoms with E-state index in [-0.39, 0.29) is 11.6 Å². The van der Waals surface area contributed by atoms with Crippen LogP contribution in [-0.2, 0) is 6.42 Å². The molecule has 1 aromatic heterocycles. The van der Waals surface area contributed by atoms with Gasteiger partial charge in [0.25, 0.3) is 5.91 Å². The van der Waals surface area contributed by atoms with Gasteiger partial charge in [0, 0.05) is 17.1 Å². The number of hydrogen-bond acceptors (Lipinski definition) is 3. The second-order valence-corrected chi connectivity index (χ2v) is 5.69. The van der Waals surface area contributed by atoms with Crippen molar-refractivity contribution >= 4 is 27.5 Å². The maximum atomic E-state index is 14.2. The van der Waals surface area contributed by atoms with E-state index in [1.54, 1.807) is 13.0 Å². The molecule has 0 unspecified atom stereocenters. The molecule has 3 rings (SSSR count). The molecule has 1 amide bonds. The highest BCUT2D eigenvalue weighted by Gasteiger charge is 2.28. The van der Waals surface area contributed by atoms with Gasteiger partial charge < -0.3 is 9.42 Å². The molecular weight excluding hydrogens is 327 g/mol. The van der Waals surface area contributed by atoms with Crippen molar-refractivity contribution in [2.24, 2.45) is 0 Å². The summed E-state index contributed by atoms with van der Waals surface area (Å²) >= 11 is 3.28. The molecule has 6 heteroatoms. The number of halogens is 2. The van der Waals surface area contributed by atoms with Gasteiger partial charge in [0.2, 0.25) is 0 Å². The van der Waals surface area contributed by atoms with Gasteiger partial charge in [-0.15, -0.1) is 0 Å². The normalized spacial score (nSPS) is 14.2. The van der Waals surface area contributed by atoms with Gasteiger partial charge >= 0.3 is 0 Å². The molecule has 0 saturated heterocycles. The fourth-order valence-electron chi connectivity index (χ4n) is 2.46. The highest BCUT2D eigenvalue weighted by atomic mass is 79.9. The van der Waals surface area contributed by atoms with Gasteiger partial charge in [-0.2, -0.15) is 0 Å². The summed E-state index contributed by atoms with van der Waals surface area (Å²) in [6, 6.07) is 4.79. The molecule has 4 nitrogen and oxygen atoms in total. The summed E-state index contributed by atoms with van der Waals surface area (Å²) in [5, 5.41) is 3.71. The molecule has 0 bridgehead atoms. The Kier molecular flexibility index (Phi) is 3.33. The summed E-state index contributed by atoms with van der Waals surface area (Å²) < 4.78 is 19.8. The molecule has 2 aromatic rings. The predicted molar refractivity (Wildman–Crippen MR) is 75.3 cm³/mol. The van der Waals surface area contributed by atoms with E-state index in [4.69, 9.17) is 4.52 Å². The van der Waals surface area contributed by atoms with E-state index < -0.39 is 5.82 Å². The first-order valence-corrected chi connectivity index (χ1v) is 7.08. The number of rotatable bonds is 1. The summed E-state index contributed by atoms with van der Waals surface area (Å²) in [5.74, 6) is -0.173. The van der Waals surface area contributed by atoms with Gasteiger partial charge in [-0.3, -0.25) is 4.79 Å². The molecule has 20 heavy (non-hydrogen) atoms. The Morgan fingerprint density at radius 1 is 1.45 bits per heavy atom.